The molecule has 98 valence electrons. The number of nitrogens with zero attached hydrogens (tertiary/aromatic N) is 3. The highest BCUT2D eigenvalue weighted by molar-refractivity contribution is 5.71. The molecule has 1 aromatic carbocycles. The molecule has 2 aromatic rings. The summed E-state index contributed by atoms with van der Waals surface area (Å²) < 4.78 is 30.9. The van der Waals surface area contributed by atoms with Crippen molar-refractivity contribution < 1.29 is 13.5 Å². The molecule has 0 fully saturated rings. The Kier molecular flexibility index (Phi) is 3.76. The topological polar surface area (TPSA) is 50.8 Å². The molecule has 0 aliphatic heterocycles. The van der Waals surface area contributed by atoms with Gasteiger partial charge < -0.3 is 4.74 Å². The van der Waals surface area contributed by atoms with Crippen molar-refractivity contribution in [2.75, 3.05) is 7.11 Å². The van der Waals surface area contributed by atoms with Gasteiger partial charge in [-0.3, -0.25) is 4.68 Å². The van der Waals surface area contributed by atoms with Gasteiger partial charge >= 0.3 is 0 Å². The van der Waals surface area contributed by atoms with E-state index in [1.54, 1.807) is 18.2 Å². The molecule has 0 atom stereocenters. The Morgan fingerprint density at radius 3 is 2.89 bits per heavy atom. The molecule has 0 saturated heterocycles. The van der Waals surface area contributed by atoms with Crippen molar-refractivity contribution in [1.82, 2.24) is 9.78 Å². The molecule has 19 heavy (non-hydrogen) atoms. The van der Waals surface area contributed by atoms with Gasteiger partial charge in [0.25, 0.3) is 6.43 Å². The van der Waals surface area contributed by atoms with Crippen molar-refractivity contribution >= 4 is 0 Å². The number of nitriles is 1. The monoisotopic (exact) mass is 263 g/mol. The van der Waals surface area contributed by atoms with Crippen LogP contribution in [-0.2, 0) is 6.54 Å². The SMILES string of the molecule is COc1ccc(C#N)cc1-c1cnn(CC(F)F)c1. The van der Waals surface area contributed by atoms with Crippen LogP contribution in [0.5, 0.6) is 5.75 Å². The highest BCUT2D eigenvalue weighted by Crippen LogP contribution is 2.30. The van der Waals surface area contributed by atoms with Crippen molar-refractivity contribution in [3.8, 4) is 22.9 Å². The summed E-state index contributed by atoms with van der Waals surface area (Å²) in [6.07, 6.45) is 0.520. The summed E-state index contributed by atoms with van der Waals surface area (Å²) in [5.41, 5.74) is 1.76. The largest absolute Gasteiger partial charge is 0.496 e. The molecule has 0 radical (unpaired) electrons. The fourth-order valence-corrected chi connectivity index (χ4v) is 1.75. The second kappa shape index (κ2) is 5.48. The highest BCUT2D eigenvalue weighted by atomic mass is 19.3. The van der Waals surface area contributed by atoms with Crippen LogP contribution in [-0.4, -0.2) is 23.3 Å². The van der Waals surface area contributed by atoms with E-state index in [1.165, 1.54) is 24.2 Å². The maximum atomic E-state index is 12.3. The molecule has 0 amide bonds. The normalized spacial score (nSPS) is 10.5. The smallest absolute Gasteiger partial charge is 0.257 e. The zero-order valence-electron chi connectivity index (χ0n) is 10.2. The first-order chi connectivity index (χ1) is 9.13. The van der Waals surface area contributed by atoms with E-state index in [2.05, 4.69) is 5.10 Å². The van der Waals surface area contributed by atoms with Crippen LogP contribution in [0.4, 0.5) is 8.78 Å². The number of rotatable bonds is 4. The Morgan fingerprint density at radius 2 is 2.26 bits per heavy atom. The van der Waals surface area contributed by atoms with Crippen LogP contribution in [0.2, 0.25) is 0 Å². The first-order valence-electron chi connectivity index (χ1n) is 5.53. The van der Waals surface area contributed by atoms with Gasteiger partial charge in [0.05, 0.1) is 24.9 Å². The van der Waals surface area contributed by atoms with Crippen LogP contribution in [0, 0.1) is 11.3 Å². The average molecular weight is 263 g/mol. The third-order valence-electron chi connectivity index (χ3n) is 2.60. The summed E-state index contributed by atoms with van der Waals surface area (Å²) in [6, 6.07) is 6.96. The van der Waals surface area contributed by atoms with E-state index in [-0.39, 0.29) is 0 Å². The first kappa shape index (κ1) is 13.0. The Morgan fingerprint density at radius 1 is 1.47 bits per heavy atom. The van der Waals surface area contributed by atoms with E-state index in [1.807, 2.05) is 6.07 Å². The molecular weight excluding hydrogens is 252 g/mol. The van der Waals surface area contributed by atoms with Crippen LogP contribution in [0.3, 0.4) is 0 Å². The fraction of sp³-hybridized carbons (Fsp3) is 0.231. The number of hydrogen-bond acceptors (Lipinski definition) is 3. The minimum absolute atomic E-state index is 0.458. The molecule has 1 aromatic heterocycles. The summed E-state index contributed by atoms with van der Waals surface area (Å²) in [6.45, 7) is -0.458. The van der Waals surface area contributed by atoms with Crippen LogP contribution in [0.1, 0.15) is 5.56 Å². The molecule has 4 nitrogen and oxygen atoms in total. The number of halogens is 2. The fourth-order valence-electron chi connectivity index (χ4n) is 1.75. The number of benzene rings is 1. The molecule has 0 saturated carbocycles. The van der Waals surface area contributed by atoms with Gasteiger partial charge in [-0.1, -0.05) is 0 Å². The Hall–Kier alpha value is -2.42. The number of hydrogen-bond donors (Lipinski definition) is 0. The Labute approximate surface area is 108 Å². The molecule has 6 heteroatoms. The van der Waals surface area contributed by atoms with Crippen LogP contribution in [0.25, 0.3) is 11.1 Å². The summed E-state index contributed by atoms with van der Waals surface area (Å²) in [5, 5.41) is 12.7. The lowest BCUT2D eigenvalue weighted by Crippen LogP contribution is -2.06. The summed E-state index contributed by atoms with van der Waals surface area (Å²) in [4.78, 5) is 0. The zero-order valence-corrected chi connectivity index (χ0v) is 10.2. The second-order valence-corrected chi connectivity index (χ2v) is 3.87. The Balaban J connectivity index is 2.40. The molecule has 0 spiro atoms. The second-order valence-electron chi connectivity index (χ2n) is 3.87. The summed E-state index contributed by atoms with van der Waals surface area (Å²) in [5.74, 6) is 0.565. The van der Waals surface area contributed by atoms with Crippen LogP contribution < -0.4 is 4.74 Å². The number of ether oxygens (including phenoxy) is 1. The quantitative estimate of drug-likeness (QED) is 0.852. The number of methoxy groups -OCH3 is 1. The average Bonchev–Trinajstić information content (AvgIpc) is 2.85. The van der Waals surface area contributed by atoms with Crippen molar-refractivity contribution in [3.63, 3.8) is 0 Å². The lowest BCUT2D eigenvalue weighted by Gasteiger charge is -2.06. The van der Waals surface area contributed by atoms with Gasteiger partial charge in [0, 0.05) is 17.3 Å². The molecule has 2 rings (SSSR count). The van der Waals surface area contributed by atoms with Gasteiger partial charge in [-0.15, -0.1) is 0 Å². The lowest BCUT2D eigenvalue weighted by molar-refractivity contribution is 0.122. The third kappa shape index (κ3) is 2.88. The van der Waals surface area contributed by atoms with Gasteiger partial charge in [0.2, 0.25) is 0 Å². The van der Waals surface area contributed by atoms with E-state index in [4.69, 9.17) is 10.00 Å². The van der Waals surface area contributed by atoms with E-state index in [0.29, 0.717) is 22.4 Å². The molecule has 0 aliphatic rings. The molecule has 1 heterocycles. The number of alkyl halides is 2. The highest BCUT2D eigenvalue weighted by Gasteiger charge is 2.11. The predicted molar refractivity (Wildman–Crippen MR) is 64.9 cm³/mol. The zero-order chi connectivity index (χ0) is 13.8. The maximum Gasteiger partial charge on any atom is 0.257 e. The van der Waals surface area contributed by atoms with Crippen LogP contribution in [0.15, 0.2) is 30.6 Å². The molecule has 0 bridgehead atoms. The number of aromatic nitrogens is 2. The van der Waals surface area contributed by atoms with Crippen molar-refractivity contribution in [2.24, 2.45) is 0 Å². The van der Waals surface area contributed by atoms with Crippen LogP contribution >= 0.6 is 0 Å². The summed E-state index contributed by atoms with van der Waals surface area (Å²) in [7, 11) is 1.51. The minimum atomic E-state index is -2.46. The minimum Gasteiger partial charge on any atom is -0.496 e. The Bertz CT molecular complexity index is 617. The molecule has 0 unspecified atom stereocenters. The van der Waals surface area contributed by atoms with E-state index in [0.717, 1.165) is 0 Å². The summed E-state index contributed by atoms with van der Waals surface area (Å²) >= 11 is 0. The van der Waals surface area contributed by atoms with Crippen molar-refractivity contribution in [1.29, 1.82) is 5.26 Å². The third-order valence-corrected chi connectivity index (χ3v) is 2.60. The lowest BCUT2D eigenvalue weighted by atomic mass is 10.1. The van der Waals surface area contributed by atoms with Gasteiger partial charge in [0.15, 0.2) is 0 Å². The van der Waals surface area contributed by atoms with Gasteiger partial charge in [-0.25, -0.2) is 8.78 Å². The molecule has 0 aliphatic carbocycles. The van der Waals surface area contributed by atoms with E-state index >= 15 is 0 Å². The standard InChI is InChI=1S/C13H11F2N3O/c1-19-12-3-2-9(5-16)4-11(12)10-6-17-18(7-10)8-13(14)15/h2-4,6-7,13H,8H2,1H3. The van der Waals surface area contributed by atoms with Gasteiger partial charge in [0.1, 0.15) is 12.3 Å². The van der Waals surface area contributed by atoms with E-state index in [9.17, 15) is 8.78 Å². The van der Waals surface area contributed by atoms with Crippen molar-refractivity contribution in [3.05, 3.63) is 36.2 Å². The predicted octanol–water partition coefficient (Wildman–Crippen LogP) is 2.70. The van der Waals surface area contributed by atoms with Crippen molar-refractivity contribution in [2.45, 2.75) is 13.0 Å². The molecular formula is C13H11F2N3O. The first-order valence-corrected chi connectivity index (χ1v) is 5.53. The van der Waals surface area contributed by atoms with Gasteiger partial charge in [-0.2, -0.15) is 10.4 Å². The van der Waals surface area contributed by atoms with E-state index < -0.39 is 13.0 Å². The van der Waals surface area contributed by atoms with Gasteiger partial charge in [-0.05, 0) is 18.2 Å². The maximum absolute atomic E-state index is 12.3. The molecule has 0 N–H and O–H groups in total.